The molecule has 0 aromatic heterocycles. The normalized spacial score (nSPS) is 27.7. The summed E-state index contributed by atoms with van der Waals surface area (Å²) in [6, 6.07) is 5.64. The quantitative estimate of drug-likeness (QED) is 0.644. The Bertz CT molecular complexity index is 732. The fraction of sp³-hybridized carbons (Fsp3) is 0.696. The first-order valence-electron chi connectivity index (χ1n) is 10.3. The van der Waals surface area contributed by atoms with Crippen LogP contribution in [0.3, 0.4) is 0 Å². The van der Waals surface area contributed by atoms with E-state index in [1.54, 1.807) is 6.07 Å². The molecule has 3 N–H and O–H groups in total. The average molecular weight is 425 g/mol. The van der Waals surface area contributed by atoms with Crippen LogP contribution in [0, 0.1) is 5.41 Å². The van der Waals surface area contributed by atoms with E-state index < -0.39 is 36.5 Å². The summed E-state index contributed by atoms with van der Waals surface area (Å²) in [4.78, 5) is 11.8. The molecule has 2 rings (SSSR count). The van der Waals surface area contributed by atoms with Gasteiger partial charge in [-0.3, -0.25) is 4.79 Å². The van der Waals surface area contributed by atoms with Gasteiger partial charge in [-0.1, -0.05) is 26.8 Å². The van der Waals surface area contributed by atoms with Crippen molar-refractivity contribution in [2.75, 3.05) is 0 Å². The lowest BCUT2D eigenvalue weighted by molar-refractivity contribution is -0.265. The van der Waals surface area contributed by atoms with Crippen molar-refractivity contribution in [3.63, 3.8) is 0 Å². The molecule has 0 radical (unpaired) electrons. The van der Waals surface area contributed by atoms with Crippen LogP contribution < -0.4 is 4.74 Å². The summed E-state index contributed by atoms with van der Waals surface area (Å²) in [5.74, 6) is 0.0333. The van der Waals surface area contributed by atoms with E-state index in [9.17, 15) is 20.1 Å². The highest BCUT2D eigenvalue weighted by molar-refractivity contribution is 5.81. The van der Waals surface area contributed by atoms with Gasteiger partial charge in [-0.15, -0.1) is 0 Å². The largest absolute Gasteiger partial charge is 0.462 e. The Balaban J connectivity index is 2.29. The lowest BCUT2D eigenvalue weighted by Crippen LogP contribution is -2.60. The Morgan fingerprint density at radius 1 is 1.03 bits per heavy atom. The van der Waals surface area contributed by atoms with Gasteiger partial charge in [-0.25, -0.2) is 0 Å². The molecule has 1 fully saturated rings. The molecule has 1 saturated heterocycles. The number of Topliss-reactive ketones (excluding diaryl/α,β-unsaturated/α-hetero) is 1. The summed E-state index contributed by atoms with van der Waals surface area (Å²) in [6.07, 6.45) is -6.42. The molecule has 1 aromatic carbocycles. The molecule has 0 saturated carbocycles. The van der Waals surface area contributed by atoms with Gasteiger partial charge < -0.3 is 29.5 Å². The molecule has 5 unspecified atom stereocenters. The number of ether oxygens (including phenoxy) is 3. The van der Waals surface area contributed by atoms with Crippen LogP contribution in [0.4, 0.5) is 0 Å². The minimum Gasteiger partial charge on any atom is -0.462 e. The zero-order valence-electron chi connectivity index (χ0n) is 19.0. The predicted molar refractivity (Wildman–Crippen MR) is 112 cm³/mol. The number of carbonyl (C=O) groups is 1. The van der Waals surface area contributed by atoms with Gasteiger partial charge in [0.2, 0.25) is 6.29 Å². The number of hydrogen-bond donors (Lipinski definition) is 3. The number of ketones is 1. The first-order chi connectivity index (χ1) is 13.7. The number of benzene rings is 1. The summed E-state index contributed by atoms with van der Waals surface area (Å²) < 4.78 is 17.3. The topological polar surface area (TPSA) is 105 Å². The molecule has 1 heterocycles. The van der Waals surface area contributed by atoms with E-state index in [-0.39, 0.29) is 11.0 Å². The summed E-state index contributed by atoms with van der Waals surface area (Å²) in [5, 5.41) is 30.5. The van der Waals surface area contributed by atoms with Crippen molar-refractivity contribution >= 4 is 5.78 Å². The number of aliphatic hydroxyl groups is 3. The molecule has 7 heteroatoms. The van der Waals surface area contributed by atoms with E-state index in [0.29, 0.717) is 18.8 Å². The third-order valence-electron chi connectivity index (χ3n) is 4.73. The fourth-order valence-electron chi connectivity index (χ4n) is 3.25. The average Bonchev–Trinajstić information content (AvgIpc) is 2.59. The van der Waals surface area contributed by atoms with Crippen LogP contribution in [0.1, 0.15) is 59.6 Å². The highest BCUT2D eigenvalue weighted by Gasteiger charge is 2.46. The van der Waals surface area contributed by atoms with E-state index in [2.05, 4.69) is 20.8 Å². The molecular weight excluding hydrogens is 388 g/mol. The maximum absolute atomic E-state index is 11.8. The van der Waals surface area contributed by atoms with Gasteiger partial charge in [0.25, 0.3) is 0 Å². The van der Waals surface area contributed by atoms with Gasteiger partial charge in [0.05, 0.1) is 12.2 Å². The predicted octanol–water partition coefficient (Wildman–Crippen LogP) is 2.37. The first-order valence-corrected chi connectivity index (χ1v) is 10.3. The van der Waals surface area contributed by atoms with Crippen molar-refractivity contribution in [3.8, 4) is 5.75 Å². The van der Waals surface area contributed by atoms with Crippen LogP contribution in [0.25, 0.3) is 0 Å². The number of carbonyl (C=O) groups excluding carboxylic acids is 1. The van der Waals surface area contributed by atoms with Gasteiger partial charge in [0.1, 0.15) is 30.2 Å². The van der Waals surface area contributed by atoms with E-state index in [4.69, 9.17) is 14.2 Å². The van der Waals surface area contributed by atoms with Crippen LogP contribution in [0.2, 0.25) is 0 Å². The molecule has 0 bridgehead atoms. The molecule has 0 spiro atoms. The molecule has 170 valence electrons. The third-order valence-corrected chi connectivity index (χ3v) is 4.73. The highest BCUT2D eigenvalue weighted by atomic mass is 16.7. The minimum absolute atomic E-state index is 0.0364. The summed E-state index contributed by atoms with van der Waals surface area (Å²) >= 11 is 0. The van der Waals surface area contributed by atoms with E-state index in [1.807, 2.05) is 32.9 Å². The molecule has 0 amide bonds. The van der Waals surface area contributed by atoms with Crippen molar-refractivity contribution in [1.82, 2.24) is 0 Å². The Labute approximate surface area is 179 Å². The van der Waals surface area contributed by atoms with Crippen LogP contribution >= 0.6 is 0 Å². The molecule has 7 nitrogen and oxygen atoms in total. The van der Waals surface area contributed by atoms with Gasteiger partial charge in [0.15, 0.2) is 5.78 Å². The second-order valence-corrected chi connectivity index (χ2v) is 10.2. The lowest BCUT2D eigenvalue weighted by Gasteiger charge is -2.39. The van der Waals surface area contributed by atoms with Gasteiger partial charge in [0, 0.05) is 0 Å². The summed E-state index contributed by atoms with van der Waals surface area (Å²) in [5.41, 5.74) is 1.58. The fourth-order valence-corrected chi connectivity index (χ4v) is 3.25. The van der Waals surface area contributed by atoms with E-state index >= 15 is 0 Å². The molecule has 1 aromatic rings. The number of aliphatic hydroxyl groups excluding tert-OH is 3. The van der Waals surface area contributed by atoms with Gasteiger partial charge >= 0.3 is 0 Å². The number of rotatable bonds is 6. The Hall–Kier alpha value is -1.51. The third kappa shape index (κ3) is 6.75. The highest BCUT2D eigenvalue weighted by Crippen LogP contribution is 2.32. The van der Waals surface area contributed by atoms with Crippen LogP contribution in [-0.4, -0.2) is 57.4 Å². The second-order valence-electron chi connectivity index (χ2n) is 10.2. The standard InChI is InChI=1S/C23H36O7/c1-13(24)20-18(26)17(25)19(27)21(30-20)29-16-9-8-14(12-28-23(5,6)7)10-15(16)11-22(2,3)4/h8-10,17-21,25-27H,11-12H2,1-7H3. The molecule has 0 aliphatic carbocycles. The van der Waals surface area contributed by atoms with Gasteiger partial charge in [-0.2, -0.15) is 0 Å². The lowest BCUT2D eigenvalue weighted by atomic mass is 9.87. The Morgan fingerprint density at radius 3 is 2.20 bits per heavy atom. The zero-order valence-corrected chi connectivity index (χ0v) is 19.0. The van der Waals surface area contributed by atoms with Crippen LogP contribution in [0.15, 0.2) is 18.2 Å². The molecular formula is C23H36O7. The maximum Gasteiger partial charge on any atom is 0.229 e. The SMILES string of the molecule is CC(=O)C1OC(Oc2ccc(COC(C)(C)C)cc2CC(C)(C)C)C(O)C(O)C1O. The maximum atomic E-state index is 11.8. The molecule has 1 aliphatic rings. The van der Waals surface area contributed by atoms with Gasteiger partial charge in [-0.05, 0) is 62.8 Å². The smallest absolute Gasteiger partial charge is 0.229 e. The zero-order chi connectivity index (χ0) is 22.9. The monoisotopic (exact) mass is 424 g/mol. The van der Waals surface area contributed by atoms with Crippen molar-refractivity contribution in [2.24, 2.45) is 5.41 Å². The van der Waals surface area contributed by atoms with Crippen molar-refractivity contribution in [2.45, 2.75) is 97.8 Å². The first kappa shape index (κ1) is 24.8. The summed E-state index contributed by atoms with van der Waals surface area (Å²) in [6.45, 7) is 14.0. The molecule has 30 heavy (non-hydrogen) atoms. The van der Waals surface area contributed by atoms with Crippen LogP contribution in [0.5, 0.6) is 5.75 Å². The molecule has 1 aliphatic heterocycles. The van der Waals surface area contributed by atoms with E-state index in [1.165, 1.54) is 6.92 Å². The molecule has 5 atom stereocenters. The van der Waals surface area contributed by atoms with Crippen molar-refractivity contribution < 1.29 is 34.3 Å². The minimum atomic E-state index is -1.55. The van der Waals surface area contributed by atoms with Crippen molar-refractivity contribution in [1.29, 1.82) is 0 Å². The van der Waals surface area contributed by atoms with Crippen molar-refractivity contribution in [3.05, 3.63) is 29.3 Å². The van der Waals surface area contributed by atoms with Crippen LogP contribution in [-0.2, 0) is 27.3 Å². The Morgan fingerprint density at radius 2 is 1.67 bits per heavy atom. The number of hydrogen-bond acceptors (Lipinski definition) is 7. The second kappa shape index (κ2) is 9.32. The van der Waals surface area contributed by atoms with E-state index in [0.717, 1.165) is 11.1 Å². The Kier molecular flexibility index (Phi) is 7.69. The summed E-state index contributed by atoms with van der Waals surface area (Å²) in [7, 11) is 0.